The summed E-state index contributed by atoms with van der Waals surface area (Å²) >= 11 is 0. The molecular formula is C18H30N2O5Si. The number of nitro benzene ring substituents is 1. The molecule has 0 aliphatic heterocycles. The molecule has 0 saturated heterocycles. The number of allylic oxidation sites excluding steroid dienone is 1. The van der Waals surface area contributed by atoms with Crippen LogP contribution in [-0.2, 0) is 13.3 Å². The number of hydrogen-bond acceptors (Lipinski definition) is 6. The molecule has 0 atom stereocenters. The Morgan fingerprint density at radius 1 is 1.12 bits per heavy atom. The smallest absolute Gasteiger partial charge is 0.374 e. The molecule has 1 aromatic carbocycles. The highest BCUT2D eigenvalue weighted by atomic mass is 28.4. The maximum atomic E-state index is 11.1. The summed E-state index contributed by atoms with van der Waals surface area (Å²) in [5.74, 6) is 0. The van der Waals surface area contributed by atoms with E-state index in [0.717, 1.165) is 18.9 Å². The fraction of sp³-hybridized carbons (Fsp3) is 0.556. The molecule has 0 aliphatic rings. The molecule has 0 amide bonds. The Morgan fingerprint density at radius 2 is 1.69 bits per heavy atom. The van der Waals surface area contributed by atoms with Crippen molar-refractivity contribution in [2.75, 3.05) is 31.8 Å². The summed E-state index contributed by atoms with van der Waals surface area (Å²) in [4.78, 5) is 12.5. The third-order valence-corrected chi connectivity index (χ3v) is 6.89. The Morgan fingerprint density at radius 3 is 2.23 bits per heavy atom. The number of nitrogens with zero attached hydrogens (tertiary/aromatic N) is 2. The average molecular weight is 383 g/mol. The fourth-order valence-electron chi connectivity index (χ4n) is 2.67. The van der Waals surface area contributed by atoms with Gasteiger partial charge >= 0.3 is 8.80 Å². The Bertz CT molecular complexity index is 565. The largest absolute Gasteiger partial charge is 0.500 e. The lowest BCUT2D eigenvalue weighted by Gasteiger charge is -2.28. The van der Waals surface area contributed by atoms with Crippen LogP contribution < -0.4 is 4.90 Å². The number of rotatable bonds is 13. The van der Waals surface area contributed by atoms with Gasteiger partial charge in [-0.15, -0.1) is 0 Å². The first-order chi connectivity index (χ1) is 12.5. The van der Waals surface area contributed by atoms with E-state index in [4.69, 9.17) is 13.3 Å². The molecule has 0 heterocycles. The number of unbranched alkanes of at least 4 members (excludes halogenated alkanes) is 1. The molecule has 1 aromatic rings. The van der Waals surface area contributed by atoms with Gasteiger partial charge in [-0.3, -0.25) is 10.1 Å². The summed E-state index contributed by atoms with van der Waals surface area (Å²) < 4.78 is 17.5. The number of hydrogen-bond donors (Lipinski definition) is 0. The van der Waals surface area contributed by atoms with Crippen molar-refractivity contribution in [1.29, 1.82) is 0 Å². The highest BCUT2D eigenvalue weighted by molar-refractivity contribution is 6.60. The van der Waals surface area contributed by atoms with Crippen LogP contribution in [0.2, 0.25) is 6.04 Å². The second-order valence-electron chi connectivity index (χ2n) is 5.62. The zero-order valence-corrected chi connectivity index (χ0v) is 17.1. The molecule has 1 rings (SSSR count). The van der Waals surface area contributed by atoms with Gasteiger partial charge < -0.3 is 18.2 Å². The first-order valence-electron chi connectivity index (χ1n) is 9.04. The third kappa shape index (κ3) is 6.87. The van der Waals surface area contributed by atoms with Gasteiger partial charge in [-0.05, 0) is 45.9 Å². The van der Waals surface area contributed by atoms with E-state index in [2.05, 4.69) is 0 Å². The van der Waals surface area contributed by atoms with Gasteiger partial charge in [-0.1, -0.05) is 18.2 Å². The van der Waals surface area contributed by atoms with E-state index in [1.165, 1.54) is 6.07 Å². The summed E-state index contributed by atoms with van der Waals surface area (Å²) in [7, 11) is -0.793. The van der Waals surface area contributed by atoms with Crippen LogP contribution in [0.3, 0.4) is 0 Å². The Balaban J connectivity index is 2.62. The van der Waals surface area contributed by atoms with Crippen LogP contribution in [0.4, 0.5) is 11.4 Å². The minimum atomic E-state index is -2.60. The van der Waals surface area contributed by atoms with Crippen molar-refractivity contribution in [3.63, 3.8) is 0 Å². The highest BCUT2D eigenvalue weighted by Crippen LogP contribution is 2.27. The normalized spacial score (nSPS) is 11.8. The molecule has 0 bridgehead atoms. The van der Waals surface area contributed by atoms with Crippen molar-refractivity contribution in [1.82, 2.24) is 0 Å². The minimum absolute atomic E-state index is 0.0927. The van der Waals surface area contributed by atoms with Gasteiger partial charge in [0.25, 0.3) is 5.69 Å². The van der Waals surface area contributed by atoms with Crippen LogP contribution in [0.5, 0.6) is 0 Å². The number of para-hydroxylation sites is 2. The van der Waals surface area contributed by atoms with Gasteiger partial charge in [0.1, 0.15) is 5.69 Å². The lowest BCUT2D eigenvalue weighted by Crippen LogP contribution is -2.45. The molecule has 146 valence electrons. The van der Waals surface area contributed by atoms with Crippen LogP contribution in [0, 0.1) is 10.1 Å². The summed E-state index contributed by atoms with van der Waals surface area (Å²) in [6.07, 6.45) is 5.54. The van der Waals surface area contributed by atoms with E-state index >= 15 is 0 Å². The van der Waals surface area contributed by atoms with E-state index in [9.17, 15) is 10.1 Å². The maximum Gasteiger partial charge on any atom is 0.500 e. The van der Waals surface area contributed by atoms with E-state index < -0.39 is 8.80 Å². The molecule has 0 N–H and O–H groups in total. The average Bonchev–Trinajstić information content (AvgIpc) is 2.62. The SMILES string of the molecule is CCO[Si](CCCC=CN(C)c1ccccc1[N+](=O)[O-])(OCC)OCC. The van der Waals surface area contributed by atoms with Gasteiger partial charge in [-0.25, -0.2) is 0 Å². The molecule has 0 spiro atoms. The van der Waals surface area contributed by atoms with Crippen LogP contribution in [-0.4, -0.2) is 40.6 Å². The molecule has 0 aromatic heterocycles. The molecule has 26 heavy (non-hydrogen) atoms. The fourth-order valence-corrected chi connectivity index (χ4v) is 5.31. The standard InChI is InChI=1S/C18H30N2O5Si/c1-5-23-26(24-6-2,25-7-3)16-12-8-11-15-19(4)17-13-9-10-14-18(17)20(21)22/h9-11,13-15H,5-8,12,16H2,1-4H3. The van der Waals surface area contributed by atoms with Crippen LogP contribution in [0.25, 0.3) is 0 Å². The Hall–Kier alpha value is -1.74. The molecule has 0 unspecified atom stereocenters. The van der Waals surface area contributed by atoms with Gasteiger partial charge in [0.2, 0.25) is 0 Å². The van der Waals surface area contributed by atoms with E-state index in [0.29, 0.717) is 25.5 Å². The van der Waals surface area contributed by atoms with E-state index in [1.807, 2.05) is 33.0 Å². The van der Waals surface area contributed by atoms with Crippen LogP contribution in [0.15, 0.2) is 36.5 Å². The molecule has 0 saturated carbocycles. The topological polar surface area (TPSA) is 74.1 Å². The van der Waals surface area contributed by atoms with Gasteiger partial charge in [-0.2, -0.15) is 0 Å². The zero-order chi connectivity index (χ0) is 19.4. The van der Waals surface area contributed by atoms with Crippen LogP contribution in [0.1, 0.15) is 33.6 Å². The van der Waals surface area contributed by atoms with Gasteiger partial charge in [0, 0.05) is 39.0 Å². The molecule has 0 radical (unpaired) electrons. The van der Waals surface area contributed by atoms with E-state index in [1.54, 1.807) is 30.1 Å². The van der Waals surface area contributed by atoms with Crippen molar-refractivity contribution in [3.8, 4) is 0 Å². The van der Waals surface area contributed by atoms with Crippen molar-refractivity contribution >= 4 is 20.2 Å². The highest BCUT2D eigenvalue weighted by Gasteiger charge is 2.39. The summed E-state index contributed by atoms with van der Waals surface area (Å²) in [6, 6.07) is 7.45. The van der Waals surface area contributed by atoms with Crippen molar-refractivity contribution in [2.45, 2.75) is 39.7 Å². The lowest BCUT2D eigenvalue weighted by atomic mass is 10.2. The molecule has 7 nitrogen and oxygen atoms in total. The second kappa shape index (κ2) is 11.8. The molecule has 0 fully saturated rings. The van der Waals surface area contributed by atoms with Crippen LogP contribution >= 0.6 is 0 Å². The van der Waals surface area contributed by atoms with Gasteiger partial charge in [0.15, 0.2) is 0 Å². The van der Waals surface area contributed by atoms with E-state index in [-0.39, 0.29) is 10.6 Å². The molecule has 0 aliphatic carbocycles. The van der Waals surface area contributed by atoms with Crippen molar-refractivity contribution in [3.05, 3.63) is 46.7 Å². The first kappa shape index (κ1) is 22.3. The zero-order valence-electron chi connectivity index (χ0n) is 16.1. The number of nitro groups is 1. The predicted octanol–water partition coefficient (Wildman–Crippen LogP) is 4.37. The number of benzene rings is 1. The van der Waals surface area contributed by atoms with Crippen molar-refractivity contribution < 1.29 is 18.2 Å². The third-order valence-electron chi connectivity index (χ3n) is 3.73. The quantitative estimate of drug-likeness (QED) is 0.218. The lowest BCUT2D eigenvalue weighted by molar-refractivity contribution is -0.384. The summed E-state index contributed by atoms with van der Waals surface area (Å²) in [5, 5.41) is 11.1. The first-order valence-corrected chi connectivity index (χ1v) is 11.0. The minimum Gasteiger partial charge on any atom is -0.374 e. The second-order valence-corrected chi connectivity index (χ2v) is 8.35. The van der Waals surface area contributed by atoms with Crippen molar-refractivity contribution in [2.24, 2.45) is 0 Å². The Kier molecular flexibility index (Phi) is 10.1. The maximum absolute atomic E-state index is 11.1. The Labute approximate surface area is 157 Å². The molecular weight excluding hydrogens is 352 g/mol. The predicted molar refractivity (Wildman–Crippen MR) is 105 cm³/mol. The monoisotopic (exact) mass is 382 g/mol. The van der Waals surface area contributed by atoms with Gasteiger partial charge in [0.05, 0.1) is 4.92 Å². The summed E-state index contributed by atoms with van der Waals surface area (Å²) in [5.41, 5.74) is 0.658. The molecule has 8 heteroatoms. The summed E-state index contributed by atoms with van der Waals surface area (Å²) in [6.45, 7) is 7.55. The number of anilines is 1.